The van der Waals surface area contributed by atoms with Crippen molar-refractivity contribution in [1.29, 1.82) is 0 Å². The summed E-state index contributed by atoms with van der Waals surface area (Å²) in [6.07, 6.45) is 3.52. The fraction of sp³-hybridized carbons (Fsp3) is 1.00. The summed E-state index contributed by atoms with van der Waals surface area (Å²) < 4.78 is 4.85. The summed E-state index contributed by atoms with van der Waals surface area (Å²) in [5, 5.41) is 0. The third-order valence-electron chi connectivity index (χ3n) is 1.85. The van der Waals surface area contributed by atoms with Gasteiger partial charge in [-0.2, -0.15) is 0 Å². The molecule has 0 aliphatic carbocycles. The number of hydrogen-bond acceptors (Lipinski definition) is 2. The zero-order chi connectivity index (χ0) is 7.82. The highest BCUT2D eigenvalue weighted by Gasteiger charge is 2.01. The Morgan fingerprint density at radius 1 is 1.40 bits per heavy atom. The van der Waals surface area contributed by atoms with Gasteiger partial charge in [-0.3, -0.25) is 0 Å². The Bertz CT molecular complexity index is 64.6. The summed E-state index contributed by atoms with van der Waals surface area (Å²) in [4.78, 5) is 8.33. The van der Waals surface area contributed by atoms with Gasteiger partial charge in [-0.25, -0.2) is 0 Å². The quantitative estimate of drug-likeness (QED) is 0.482. The van der Waals surface area contributed by atoms with E-state index in [0.717, 1.165) is 12.3 Å². The minimum atomic E-state index is -0.340. The molecule has 1 atom stereocenters. The van der Waals surface area contributed by atoms with Crippen LogP contribution in [0, 0.1) is 5.92 Å². The molecule has 62 valence electrons. The van der Waals surface area contributed by atoms with Crippen LogP contribution in [0.5, 0.6) is 0 Å². The number of hydrogen-bond donors (Lipinski definition) is 1. The molecule has 1 unspecified atom stereocenters. The van der Waals surface area contributed by atoms with E-state index in [1.165, 1.54) is 12.8 Å². The van der Waals surface area contributed by atoms with E-state index < -0.39 is 0 Å². The van der Waals surface area contributed by atoms with Crippen molar-refractivity contribution in [3.05, 3.63) is 0 Å². The molecule has 1 N–H and O–H groups in total. The van der Waals surface area contributed by atoms with Gasteiger partial charge in [0.25, 0.3) is 0 Å². The molecule has 0 rings (SSSR count). The van der Waals surface area contributed by atoms with Crippen molar-refractivity contribution in [1.82, 2.24) is 0 Å². The molecule has 0 saturated carbocycles. The van der Waals surface area contributed by atoms with Crippen LogP contribution in [0.15, 0.2) is 0 Å². The van der Waals surface area contributed by atoms with Crippen LogP contribution >= 0.6 is 9.03 Å². The summed E-state index contributed by atoms with van der Waals surface area (Å²) in [5.41, 5.74) is 0. The Labute approximate surface area is 64.9 Å². The Kier molecular flexibility index (Phi) is 7.72. The van der Waals surface area contributed by atoms with Gasteiger partial charge in [0.05, 0.1) is 6.61 Å². The lowest BCUT2D eigenvalue weighted by Crippen LogP contribution is -2.00. The van der Waals surface area contributed by atoms with Gasteiger partial charge >= 0.3 is 0 Å². The predicted octanol–water partition coefficient (Wildman–Crippen LogP) is 2.33. The van der Waals surface area contributed by atoms with E-state index in [1.807, 2.05) is 0 Å². The normalized spacial score (nSPS) is 12.0. The molecule has 3 heteroatoms. The van der Waals surface area contributed by atoms with Crippen LogP contribution in [0.1, 0.15) is 33.1 Å². The molecule has 0 saturated heterocycles. The Hall–Kier alpha value is 0.350. The third kappa shape index (κ3) is 5.16. The summed E-state index contributed by atoms with van der Waals surface area (Å²) in [5.74, 6) is 0.774. The van der Waals surface area contributed by atoms with Gasteiger partial charge in [0.1, 0.15) is 0 Å². The van der Waals surface area contributed by atoms with Gasteiger partial charge in [-0.15, -0.1) is 0 Å². The number of rotatable bonds is 6. The zero-order valence-corrected chi connectivity index (χ0v) is 7.76. The van der Waals surface area contributed by atoms with E-state index in [4.69, 9.17) is 9.42 Å². The molecule has 0 aliphatic rings. The minimum absolute atomic E-state index is 0.340. The molecule has 0 radical (unpaired) electrons. The third-order valence-corrected chi connectivity index (χ3v) is 2.18. The molecular formula is C7H17O2P. The van der Waals surface area contributed by atoms with E-state index in [9.17, 15) is 0 Å². The highest BCUT2D eigenvalue weighted by atomic mass is 31.1. The van der Waals surface area contributed by atoms with Gasteiger partial charge in [0, 0.05) is 0 Å². The molecule has 0 amide bonds. The summed E-state index contributed by atoms with van der Waals surface area (Å²) in [7, 11) is -0.340. The second-order valence-corrected chi connectivity index (χ2v) is 2.88. The molecule has 0 aliphatic heterocycles. The average molecular weight is 164 g/mol. The highest BCUT2D eigenvalue weighted by molar-refractivity contribution is 7.24. The molecule has 0 spiro atoms. The summed E-state index contributed by atoms with van der Waals surface area (Å²) in [6, 6.07) is 0. The molecule has 0 heterocycles. The van der Waals surface area contributed by atoms with Gasteiger partial charge in [0.2, 0.25) is 0 Å². The van der Waals surface area contributed by atoms with Crippen LogP contribution in [-0.4, -0.2) is 11.5 Å². The zero-order valence-electron chi connectivity index (χ0n) is 6.76. The first-order chi connectivity index (χ1) is 4.85. The van der Waals surface area contributed by atoms with Gasteiger partial charge in [-0.05, 0) is 12.3 Å². The van der Waals surface area contributed by atoms with Crippen LogP contribution < -0.4 is 0 Å². The Morgan fingerprint density at radius 3 is 2.40 bits per heavy atom. The smallest absolute Gasteiger partial charge is 0.152 e. The second kappa shape index (κ2) is 7.46. The predicted molar refractivity (Wildman–Crippen MR) is 45.2 cm³/mol. The fourth-order valence-electron chi connectivity index (χ4n) is 0.968. The maximum atomic E-state index is 8.33. The lowest BCUT2D eigenvalue weighted by atomic mass is 10.0. The minimum Gasteiger partial charge on any atom is -0.352 e. The van der Waals surface area contributed by atoms with Crippen LogP contribution in [-0.2, 0) is 4.52 Å². The van der Waals surface area contributed by atoms with E-state index in [-0.39, 0.29) is 9.03 Å². The Morgan fingerprint density at radius 2 is 2.00 bits per heavy atom. The summed E-state index contributed by atoms with van der Waals surface area (Å²) >= 11 is 0. The van der Waals surface area contributed by atoms with Crippen molar-refractivity contribution in [2.24, 2.45) is 5.92 Å². The monoisotopic (exact) mass is 164 g/mol. The lowest BCUT2D eigenvalue weighted by Gasteiger charge is -2.10. The first-order valence-corrected chi connectivity index (χ1v) is 4.71. The average Bonchev–Trinajstić information content (AvgIpc) is 1.99. The highest BCUT2D eigenvalue weighted by Crippen LogP contribution is 2.14. The fourth-order valence-corrected chi connectivity index (χ4v) is 1.18. The first-order valence-electron chi connectivity index (χ1n) is 3.86. The molecule has 10 heavy (non-hydrogen) atoms. The maximum absolute atomic E-state index is 8.33. The lowest BCUT2D eigenvalue weighted by molar-refractivity contribution is 0.280. The molecule has 0 aromatic rings. The summed E-state index contributed by atoms with van der Waals surface area (Å²) in [6.45, 7) is 5.09. The van der Waals surface area contributed by atoms with Gasteiger partial charge < -0.3 is 9.42 Å². The molecular weight excluding hydrogens is 147 g/mol. The standard InChI is InChI=1S/C7H17O2P/c1-3-7(4-2)5-6-9-10-8/h7-8,10H,3-6H2,1-2H3. The molecule has 0 aromatic heterocycles. The van der Waals surface area contributed by atoms with E-state index in [1.54, 1.807) is 0 Å². The Balaban J connectivity index is 3.09. The largest absolute Gasteiger partial charge is 0.352 e. The van der Waals surface area contributed by atoms with Crippen LogP contribution in [0.3, 0.4) is 0 Å². The van der Waals surface area contributed by atoms with Crippen molar-refractivity contribution < 1.29 is 9.42 Å². The molecule has 0 aromatic carbocycles. The van der Waals surface area contributed by atoms with Crippen molar-refractivity contribution in [3.8, 4) is 0 Å². The first kappa shape index (κ1) is 10.3. The maximum Gasteiger partial charge on any atom is 0.152 e. The molecule has 2 nitrogen and oxygen atoms in total. The SMILES string of the molecule is CCC(CC)CCOPO. The van der Waals surface area contributed by atoms with E-state index >= 15 is 0 Å². The molecule has 0 bridgehead atoms. The van der Waals surface area contributed by atoms with Gasteiger partial charge in [0.15, 0.2) is 9.03 Å². The van der Waals surface area contributed by atoms with Crippen molar-refractivity contribution >= 4 is 9.03 Å². The van der Waals surface area contributed by atoms with E-state index in [0.29, 0.717) is 6.61 Å². The van der Waals surface area contributed by atoms with E-state index in [2.05, 4.69) is 13.8 Å². The van der Waals surface area contributed by atoms with Crippen LogP contribution in [0.4, 0.5) is 0 Å². The van der Waals surface area contributed by atoms with Gasteiger partial charge in [-0.1, -0.05) is 26.7 Å². The van der Waals surface area contributed by atoms with Crippen molar-refractivity contribution in [3.63, 3.8) is 0 Å². The van der Waals surface area contributed by atoms with Crippen LogP contribution in [0.2, 0.25) is 0 Å². The second-order valence-electron chi connectivity index (χ2n) is 2.41. The van der Waals surface area contributed by atoms with Crippen molar-refractivity contribution in [2.75, 3.05) is 6.61 Å². The molecule has 0 fully saturated rings. The van der Waals surface area contributed by atoms with Crippen molar-refractivity contribution in [2.45, 2.75) is 33.1 Å². The topological polar surface area (TPSA) is 29.5 Å². The van der Waals surface area contributed by atoms with Crippen LogP contribution in [0.25, 0.3) is 0 Å².